The summed E-state index contributed by atoms with van der Waals surface area (Å²) in [6.45, 7) is 2.32. The molecule has 0 saturated carbocycles. The second kappa shape index (κ2) is 11.9. The van der Waals surface area contributed by atoms with Crippen molar-refractivity contribution in [3.05, 3.63) is 63.8 Å². The van der Waals surface area contributed by atoms with Crippen LogP contribution in [-0.2, 0) is 11.2 Å². The first kappa shape index (κ1) is 29.2. The van der Waals surface area contributed by atoms with E-state index in [0.29, 0.717) is 59.2 Å². The van der Waals surface area contributed by atoms with Crippen LogP contribution < -0.4 is 25.3 Å². The zero-order valence-electron chi connectivity index (χ0n) is 22.3. The van der Waals surface area contributed by atoms with Gasteiger partial charge in [-0.25, -0.2) is 4.98 Å². The van der Waals surface area contributed by atoms with Crippen molar-refractivity contribution in [2.75, 3.05) is 67.1 Å². The summed E-state index contributed by atoms with van der Waals surface area (Å²) in [6, 6.07) is 9.84. The Balaban J connectivity index is 1.40. The molecule has 1 atom stereocenters. The molecule has 41 heavy (non-hydrogen) atoms. The van der Waals surface area contributed by atoms with Gasteiger partial charge in [-0.1, -0.05) is 29.3 Å². The van der Waals surface area contributed by atoms with Crippen LogP contribution in [0, 0.1) is 0 Å². The number of fused-ring (bicyclic) bond motifs is 1. The van der Waals surface area contributed by atoms with Crippen LogP contribution in [0.4, 0.5) is 42.0 Å². The molecule has 1 fully saturated rings. The largest absolute Gasteiger partial charge is 0.393 e. The Kier molecular flexibility index (Phi) is 8.46. The maximum atomic E-state index is 13.6. The van der Waals surface area contributed by atoms with Crippen LogP contribution in [0.3, 0.4) is 0 Å². The topological polar surface area (TPSA) is 85.9 Å². The van der Waals surface area contributed by atoms with Crippen molar-refractivity contribution in [2.45, 2.75) is 18.6 Å². The summed E-state index contributed by atoms with van der Waals surface area (Å²) in [6.07, 6.45) is -4.10. The molecule has 1 amide bonds. The zero-order chi connectivity index (χ0) is 29.3. The third kappa shape index (κ3) is 6.45. The lowest BCUT2D eigenvalue weighted by atomic mass is 10.1. The third-order valence-corrected chi connectivity index (χ3v) is 7.47. The summed E-state index contributed by atoms with van der Waals surface area (Å²) in [7, 11) is 3.34. The Labute approximate surface area is 245 Å². The van der Waals surface area contributed by atoms with Gasteiger partial charge in [0.15, 0.2) is 0 Å². The molecule has 2 N–H and O–H groups in total. The molecule has 0 bridgehead atoms. The number of halogens is 5. The average Bonchev–Trinajstić information content (AvgIpc) is 2.91. The number of hydrogen-bond donors (Lipinski definition) is 2. The van der Waals surface area contributed by atoms with Gasteiger partial charge in [0.2, 0.25) is 5.95 Å². The van der Waals surface area contributed by atoms with E-state index in [4.69, 9.17) is 27.9 Å². The Bertz CT molecular complexity index is 1420. The van der Waals surface area contributed by atoms with Crippen LogP contribution in [0.25, 0.3) is 0 Å². The molecule has 9 nitrogen and oxygen atoms in total. The number of rotatable bonds is 7. The summed E-state index contributed by atoms with van der Waals surface area (Å²) >= 11 is 12.7. The predicted octanol–water partition coefficient (Wildman–Crippen LogP) is 5.11. The molecule has 14 heteroatoms. The Morgan fingerprint density at radius 1 is 1.20 bits per heavy atom. The number of methoxy groups -OCH3 is 1. The minimum atomic E-state index is -4.39. The maximum Gasteiger partial charge on any atom is 0.393 e. The molecule has 0 aliphatic carbocycles. The molecule has 1 aromatic heterocycles. The van der Waals surface area contributed by atoms with Crippen molar-refractivity contribution in [3.8, 4) is 0 Å². The van der Waals surface area contributed by atoms with Gasteiger partial charge in [-0.15, -0.1) is 0 Å². The summed E-state index contributed by atoms with van der Waals surface area (Å²) in [4.78, 5) is 27.2. The number of anilines is 5. The molecule has 1 saturated heterocycles. The number of carbonyl (C=O) groups is 1. The van der Waals surface area contributed by atoms with Crippen LogP contribution in [0.2, 0.25) is 10.0 Å². The molecule has 2 aliphatic heterocycles. The summed E-state index contributed by atoms with van der Waals surface area (Å²) in [5.41, 5.74) is 1.67. The monoisotopic (exact) mass is 609 g/mol. The number of hydrogen-bond acceptors (Lipinski definition) is 8. The first-order valence-electron chi connectivity index (χ1n) is 12.8. The van der Waals surface area contributed by atoms with Crippen LogP contribution in [0.15, 0.2) is 42.6 Å². The highest BCUT2D eigenvalue weighted by Crippen LogP contribution is 2.38. The first-order valence-corrected chi connectivity index (χ1v) is 13.6. The van der Waals surface area contributed by atoms with Gasteiger partial charge in [0.05, 0.1) is 35.4 Å². The van der Waals surface area contributed by atoms with E-state index >= 15 is 0 Å². The van der Waals surface area contributed by atoms with Crippen molar-refractivity contribution in [3.63, 3.8) is 0 Å². The smallest absolute Gasteiger partial charge is 0.383 e. The summed E-state index contributed by atoms with van der Waals surface area (Å²) in [5.74, 6) is 0.129. The van der Waals surface area contributed by atoms with Crippen molar-refractivity contribution in [2.24, 2.45) is 0 Å². The van der Waals surface area contributed by atoms with E-state index in [1.807, 2.05) is 4.90 Å². The fourth-order valence-electron chi connectivity index (χ4n) is 5.10. The van der Waals surface area contributed by atoms with Gasteiger partial charge in [0.25, 0.3) is 5.91 Å². The SMILES string of the molecule is COC[C@H]1CN(c2ccc(Nc3ncc4c(n3)N(C)CN(c3c(Cl)cccc3Cl)C4=O)cc2CC(F)(F)F)CCN1. The number of benzene rings is 2. The van der Waals surface area contributed by atoms with E-state index < -0.39 is 12.6 Å². The highest BCUT2D eigenvalue weighted by Gasteiger charge is 2.33. The van der Waals surface area contributed by atoms with E-state index in [-0.39, 0.29) is 35.7 Å². The van der Waals surface area contributed by atoms with E-state index in [1.165, 1.54) is 17.2 Å². The minimum Gasteiger partial charge on any atom is -0.383 e. The molecule has 2 aliphatic rings. The van der Waals surface area contributed by atoms with Gasteiger partial charge in [-0.3, -0.25) is 9.69 Å². The Morgan fingerprint density at radius 3 is 2.66 bits per heavy atom. The van der Waals surface area contributed by atoms with E-state index in [0.717, 1.165) is 0 Å². The highest BCUT2D eigenvalue weighted by molar-refractivity contribution is 6.40. The molecule has 0 unspecified atom stereocenters. The molecule has 0 radical (unpaired) electrons. The number of alkyl halides is 3. The number of aromatic nitrogens is 2. The van der Waals surface area contributed by atoms with Crippen LogP contribution in [0.5, 0.6) is 0 Å². The van der Waals surface area contributed by atoms with Gasteiger partial charge >= 0.3 is 6.18 Å². The van der Waals surface area contributed by atoms with Crippen LogP contribution in [-0.4, -0.2) is 75.2 Å². The van der Waals surface area contributed by atoms with Crippen LogP contribution in [0.1, 0.15) is 15.9 Å². The maximum absolute atomic E-state index is 13.6. The number of amides is 1. The van der Waals surface area contributed by atoms with Crippen molar-refractivity contribution in [1.82, 2.24) is 15.3 Å². The van der Waals surface area contributed by atoms with Crippen LogP contribution >= 0.6 is 23.2 Å². The zero-order valence-corrected chi connectivity index (χ0v) is 23.8. The number of nitrogens with zero attached hydrogens (tertiary/aromatic N) is 5. The fraction of sp³-hybridized carbons (Fsp3) is 0.370. The predicted molar refractivity (Wildman–Crippen MR) is 154 cm³/mol. The van der Waals surface area contributed by atoms with Gasteiger partial charge < -0.3 is 25.2 Å². The highest BCUT2D eigenvalue weighted by atomic mass is 35.5. The molecule has 0 spiro atoms. The minimum absolute atomic E-state index is 0.0127. The lowest BCUT2D eigenvalue weighted by Gasteiger charge is -2.36. The molecule has 3 aromatic rings. The summed E-state index contributed by atoms with van der Waals surface area (Å²) < 4.78 is 45.9. The van der Waals surface area contributed by atoms with Gasteiger partial charge in [0.1, 0.15) is 11.4 Å². The molecular formula is C27H28Cl2F3N7O2. The quantitative estimate of drug-likeness (QED) is 0.382. The fourth-order valence-corrected chi connectivity index (χ4v) is 5.70. The molecule has 5 rings (SSSR count). The second-order valence-electron chi connectivity index (χ2n) is 9.89. The second-order valence-corrected chi connectivity index (χ2v) is 10.7. The van der Waals surface area contributed by atoms with E-state index in [1.54, 1.807) is 49.4 Å². The average molecular weight is 610 g/mol. The lowest BCUT2D eigenvalue weighted by molar-refractivity contribution is -0.127. The molecule has 218 valence electrons. The number of para-hydroxylation sites is 1. The Hall–Kier alpha value is -3.32. The van der Waals surface area contributed by atoms with E-state index in [2.05, 4.69) is 20.6 Å². The lowest BCUT2D eigenvalue weighted by Crippen LogP contribution is -2.52. The number of carbonyl (C=O) groups excluding carboxylic acids is 1. The van der Waals surface area contributed by atoms with E-state index in [9.17, 15) is 18.0 Å². The third-order valence-electron chi connectivity index (χ3n) is 6.86. The standard InChI is InChI=1S/C27H28Cl2F3N7O2/c1-37-15-39(23-20(28)4-3-5-21(23)29)25(40)19-12-34-26(36-24(19)37)35-17-6-7-22(16(10-17)11-27(30,31)32)38-9-8-33-18(13-38)14-41-2/h3-7,10,12,18,33H,8-9,11,13-15H2,1-2H3,(H,34,35,36)/t18-/m1/s1. The number of ether oxygens (including phenoxy) is 1. The van der Waals surface area contributed by atoms with Crippen molar-refractivity contribution < 1.29 is 22.7 Å². The summed E-state index contributed by atoms with van der Waals surface area (Å²) in [5, 5.41) is 6.98. The van der Waals surface area contributed by atoms with Gasteiger partial charge in [-0.2, -0.15) is 18.2 Å². The Morgan fingerprint density at radius 2 is 1.95 bits per heavy atom. The van der Waals surface area contributed by atoms with Gasteiger partial charge in [-0.05, 0) is 35.9 Å². The van der Waals surface area contributed by atoms with Gasteiger partial charge in [0, 0.05) is 57.4 Å². The molecular weight excluding hydrogens is 582 g/mol. The number of piperazine rings is 1. The normalized spacial score (nSPS) is 17.6. The first-order chi connectivity index (χ1) is 19.5. The molecule has 2 aromatic carbocycles. The van der Waals surface area contributed by atoms with Crippen molar-refractivity contribution in [1.29, 1.82) is 0 Å². The molecule has 3 heterocycles. The number of nitrogens with one attached hydrogen (secondary N) is 2. The van der Waals surface area contributed by atoms with Crippen molar-refractivity contribution >= 4 is 57.9 Å².